The number of aromatic amines is 1. The molecule has 1 fully saturated rings. The molecule has 1 saturated heterocycles. The Bertz CT molecular complexity index is 841. The zero-order valence-electron chi connectivity index (χ0n) is 15.0. The first-order chi connectivity index (χ1) is 12.1. The average Bonchev–Trinajstić information content (AvgIpc) is 3.00. The van der Waals surface area contributed by atoms with Crippen molar-refractivity contribution < 1.29 is 9.59 Å². The van der Waals surface area contributed by atoms with Gasteiger partial charge in [-0.25, -0.2) is 0 Å². The second-order valence-electron chi connectivity index (χ2n) is 7.33. The summed E-state index contributed by atoms with van der Waals surface area (Å²) >= 11 is 0. The molecule has 2 aromatic rings. The Morgan fingerprint density at radius 3 is 2.80 bits per heavy atom. The summed E-state index contributed by atoms with van der Waals surface area (Å²) in [5.41, 5.74) is 2.22. The number of para-hydroxylation sites is 1. The van der Waals surface area contributed by atoms with E-state index < -0.39 is 5.54 Å². The summed E-state index contributed by atoms with van der Waals surface area (Å²) in [6, 6.07) is 8.15. The van der Waals surface area contributed by atoms with Crippen LogP contribution in [0.2, 0.25) is 0 Å². The fourth-order valence-electron chi connectivity index (χ4n) is 4.42. The van der Waals surface area contributed by atoms with E-state index in [0.717, 1.165) is 36.9 Å². The van der Waals surface area contributed by atoms with Gasteiger partial charge in [0, 0.05) is 24.0 Å². The van der Waals surface area contributed by atoms with Gasteiger partial charge in [0.25, 0.3) is 5.91 Å². The van der Waals surface area contributed by atoms with Crippen molar-refractivity contribution in [1.29, 1.82) is 0 Å². The molecule has 2 aliphatic heterocycles. The molecule has 0 radical (unpaired) electrons. The Hall–Kier alpha value is -2.30. The molecule has 2 aliphatic rings. The van der Waals surface area contributed by atoms with E-state index in [-0.39, 0.29) is 18.4 Å². The first kappa shape index (κ1) is 16.2. The molecule has 5 nitrogen and oxygen atoms in total. The first-order valence-electron chi connectivity index (χ1n) is 9.27. The minimum atomic E-state index is -0.909. The monoisotopic (exact) mass is 339 g/mol. The highest BCUT2D eigenvalue weighted by molar-refractivity contribution is 6.00. The number of hydrogen-bond acceptors (Lipinski definition) is 2. The maximum atomic E-state index is 13.4. The Morgan fingerprint density at radius 2 is 2.00 bits per heavy atom. The molecule has 132 valence electrons. The molecule has 1 unspecified atom stereocenters. The van der Waals surface area contributed by atoms with Gasteiger partial charge in [-0.2, -0.15) is 0 Å². The zero-order chi connectivity index (χ0) is 17.6. The summed E-state index contributed by atoms with van der Waals surface area (Å²) in [5.74, 6) is 0.110. The second-order valence-corrected chi connectivity index (χ2v) is 7.33. The number of unbranched alkanes of at least 4 members (excludes halogenated alkanes) is 2. The second kappa shape index (κ2) is 5.90. The molecule has 1 atom stereocenters. The van der Waals surface area contributed by atoms with Gasteiger partial charge in [0.15, 0.2) is 5.54 Å². The highest BCUT2D eigenvalue weighted by atomic mass is 16.2. The molecule has 0 aliphatic carbocycles. The lowest BCUT2D eigenvalue weighted by atomic mass is 9.83. The zero-order valence-corrected chi connectivity index (χ0v) is 15.0. The third-order valence-corrected chi connectivity index (χ3v) is 5.79. The number of hydrogen-bond donors (Lipinski definition) is 1. The number of carbonyl (C=O) groups is 2. The van der Waals surface area contributed by atoms with Crippen LogP contribution in [0.15, 0.2) is 24.3 Å². The van der Waals surface area contributed by atoms with Crippen molar-refractivity contribution in [3.63, 3.8) is 0 Å². The van der Waals surface area contributed by atoms with Crippen molar-refractivity contribution >= 4 is 22.7 Å². The normalized spacial score (nSPS) is 23.1. The molecule has 1 N–H and O–H groups in total. The summed E-state index contributed by atoms with van der Waals surface area (Å²) in [4.78, 5) is 33.1. The predicted molar refractivity (Wildman–Crippen MR) is 97.2 cm³/mol. The molecule has 1 aromatic heterocycles. The number of rotatable bonds is 4. The van der Waals surface area contributed by atoms with Gasteiger partial charge in [0.1, 0.15) is 0 Å². The van der Waals surface area contributed by atoms with Gasteiger partial charge in [-0.1, -0.05) is 38.0 Å². The molecule has 2 amide bonds. The Labute approximate surface area is 148 Å². The van der Waals surface area contributed by atoms with Crippen LogP contribution in [0.4, 0.5) is 0 Å². The molecular weight excluding hydrogens is 314 g/mol. The minimum absolute atomic E-state index is 0.0516. The highest BCUT2D eigenvalue weighted by Gasteiger charge is 2.53. The minimum Gasteiger partial charge on any atom is -0.356 e. The summed E-state index contributed by atoms with van der Waals surface area (Å²) in [7, 11) is 0. The first-order valence-corrected chi connectivity index (χ1v) is 9.27. The number of carbonyl (C=O) groups excluding carboxylic acids is 2. The van der Waals surface area contributed by atoms with Crippen molar-refractivity contribution in [2.45, 2.75) is 45.1 Å². The Kier molecular flexibility index (Phi) is 3.82. The van der Waals surface area contributed by atoms with Crippen molar-refractivity contribution in [2.24, 2.45) is 0 Å². The van der Waals surface area contributed by atoms with Gasteiger partial charge >= 0.3 is 0 Å². The lowest BCUT2D eigenvalue weighted by Crippen LogP contribution is -2.67. The predicted octanol–water partition coefficient (Wildman–Crippen LogP) is 2.80. The quantitative estimate of drug-likeness (QED) is 0.871. The number of nitrogens with zero attached hydrogens (tertiary/aromatic N) is 2. The number of H-pyrrole nitrogens is 1. The van der Waals surface area contributed by atoms with Crippen LogP contribution in [0.5, 0.6) is 0 Å². The van der Waals surface area contributed by atoms with Crippen molar-refractivity contribution in [1.82, 2.24) is 14.8 Å². The number of nitrogens with one attached hydrogen (secondary N) is 1. The third kappa shape index (κ3) is 2.29. The molecule has 25 heavy (non-hydrogen) atoms. The van der Waals surface area contributed by atoms with E-state index in [1.165, 1.54) is 10.9 Å². The van der Waals surface area contributed by atoms with Crippen molar-refractivity contribution in [2.75, 3.05) is 19.6 Å². The van der Waals surface area contributed by atoms with Crippen molar-refractivity contribution in [3.8, 4) is 0 Å². The van der Waals surface area contributed by atoms with Crippen LogP contribution >= 0.6 is 0 Å². The number of piperazine rings is 1. The van der Waals surface area contributed by atoms with E-state index in [1.807, 2.05) is 25.1 Å². The molecule has 4 rings (SSSR count). The smallest absolute Gasteiger partial charge is 0.254 e. The molecule has 5 heteroatoms. The number of aromatic nitrogens is 1. The van der Waals surface area contributed by atoms with Gasteiger partial charge in [-0.05, 0) is 31.4 Å². The average molecular weight is 339 g/mol. The van der Waals surface area contributed by atoms with E-state index in [9.17, 15) is 9.59 Å². The van der Waals surface area contributed by atoms with Crippen LogP contribution in [0.1, 0.15) is 44.4 Å². The molecule has 1 aromatic carbocycles. The standard InChI is InChI=1S/C20H25N3O2/c1-3-4-7-11-22-13-17(24)23-12-10-15-14-8-5-6-9-16(14)21-18(15)20(23,2)19(22)25/h5-6,8-9,21H,3-4,7,10-13H2,1-2H3. The van der Waals surface area contributed by atoms with Gasteiger partial charge in [0.05, 0.1) is 12.2 Å². The Morgan fingerprint density at radius 1 is 1.20 bits per heavy atom. The van der Waals surface area contributed by atoms with Crippen molar-refractivity contribution in [3.05, 3.63) is 35.5 Å². The van der Waals surface area contributed by atoms with Gasteiger partial charge in [-0.15, -0.1) is 0 Å². The van der Waals surface area contributed by atoms with Crippen LogP contribution in [0.25, 0.3) is 10.9 Å². The van der Waals surface area contributed by atoms with Gasteiger partial charge in [-0.3, -0.25) is 9.59 Å². The largest absolute Gasteiger partial charge is 0.356 e. The van der Waals surface area contributed by atoms with E-state index in [4.69, 9.17) is 0 Å². The topological polar surface area (TPSA) is 56.4 Å². The fourth-order valence-corrected chi connectivity index (χ4v) is 4.42. The molecule has 0 saturated carbocycles. The molecule has 0 spiro atoms. The summed E-state index contributed by atoms with van der Waals surface area (Å²) in [6.45, 7) is 5.54. The SMILES string of the molecule is CCCCCN1CC(=O)N2CCc3c([nH]c4ccccc34)C2(C)C1=O. The van der Waals surface area contributed by atoms with Crippen LogP contribution in [-0.2, 0) is 21.5 Å². The van der Waals surface area contributed by atoms with Crippen LogP contribution in [0, 0.1) is 0 Å². The Balaban J connectivity index is 1.78. The van der Waals surface area contributed by atoms with E-state index in [0.29, 0.717) is 13.1 Å². The van der Waals surface area contributed by atoms with Crippen LogP contribution in [-0.4, -0.2) is 46.2 Å². The maximum Gasteiger partial charge on any atom is 0.254 e. The van der Waals surface area contributed by atoms with E-state index in [2.05, 4.69) is 18.0 Å². The van der Waals surface area contributed by atoms with Crippen LogP contribution < -0.4 is 0 Å². The summed E-state index contributed by atoms with van der Waals surface area (Å²) in [6.07, 6.45) is 3.93. The number of benzene rings is 1. The molecule has 3 heterocycles. The third-order valence-electron chi connectivity index (χ3n) is 5.79. The van der Waals surface area contributed by atoms with Crippen LogP contribution in [0.3, 0.4) is 0 Å². The number of fused-ring (bicyclic) bond motifs is 5. The molecular formula is C20H25N3O2. The molecule has 0 bridgehead atoms. The van der Waals surface area contributed by atoms with E-state index in [1.54, 1.807) is 9.80 Å². The lowest BCUT2D eigenvalue weighted by Gasteiger charge is -2.49. The van der Waals surface area contributed by atoms with Gasteiger partial charge < -0.3 is 14.8 Å². The van der Waals surface area contributed by atoms with E-state index >= 15 is 0 Å². The fraction of sp³-hybridized carbons (Fsp3) is 0.500. The lowest BCUT2D eigenvalue weighted by molar-refractivity contribution is -0.166. The summed E-state index contributed by atoms with van der Waals surface area (Å²) < 4.78 is 0. The maximum absolute atomic E-state index is 13.4. The number of amides is 2. The summed E-state index contributed by atoms with van der Waals surface area (Å²) in [5, 5.41) is 1.17. The highest BCUT2D eigenvalue weighted by Crippen LogP contribution is 2.41. The van der Waals surface area contributed by atoms with Gasteiger partial charge in [0.2, 0.25) is 5.91 Å².